The minimum Gasteiger partial charge on any atom is -0.399 e. The summed E-state index contributed by atoms with van der Waals surface area (Å²) in [6.45, 7) is 5.72. The van der Waals surface area contributed by atoms with Crippen LogP contribution in [0.2, 0.25) is 0 Å². The summed E-state index contributed by atoms with van der Waals surface area (Å²) in [6.07, 6.45) is 1.24. The monoisotopic (exact) mass is 280 g/mol. The average Bonchev–Trinajstić information content (AvgIpc) is 2.48. The van der Waals surface area contributed by atoms with E-state index in [0.717, 1.165) is 18.8 Å². The van der Waals surface area contributed by atoms with Crippen LogP contribution in [0.3, 0.4) is 0 Å². The summed E-state index contributed by atoms with van der Waals surface area (Å²) in [4.78, 5) is 2.55. The first-order chi connectivity index (χ1) is 10.2. The Hall–Kier alpha value is -1.80. The molecular weight excluding hydrogens is 256 g/mol. The minimum absolute atomic E-state index is 0.696. The van der Waals surface area contributed by atoms with Crippen molar-refractivity contribution in [2.24, 2.45) is 5.92 Å². The zero-order valence-corrected chi connectivity index (χ0v) is 12.7. The predicted octanol–water partition coefficient (Wildman–Crippen LogP) is 3.89. The van der Waals surface area contributed by atoms with Crippen LogP contribution >= 0.6 is 0 Å². The van der Waals surface area contributed by atoms with E-state index >= 15 is 0 Å². The molecule has 2 N–H and O–H groups in total. The number of hydrogen-bond donors (Lipinski definition) is 1. The van der Waals surface area contributed by atoms with Gasteiger partial charge >= 0.3 is 0 Å². The molecule has 0 radical (unpaired) electrons. The van der Waals surface area contributed by atoms with Gasteiger partial charge in [-0.05, 0) is 48.1 Å². The Balaban J connectivity index is 1.63. The fourth-order valence-corrected chi connectivity index (χ4v) is 3.52. The highest BCUT2D eigenvalue weighted by atomic mass is 15.1. The van der Waals surface area contributed by atoms with Gasteiger partial charge in [0.1, 0.15) is 0 Å². The summed E-state index contributed by atoms with van der Waals surface area (Å²) in [5.41, 5.74) is 9.55. The van der Waals surface area contributed by atoms with Crippen LogP contribution in [0, 0.1) is 5.92 Å². The first-order valence-electron chi connectivity index (χ1n) is 7.84. The maximum atomic E-state index is 5.87. The first kappa shape index (κ1) is 14.2. The fraction of sp³-hybridized carbons (Fsp3) is 0.368. The van der Waals surface area contributed by atoms with E-state index in [1.165, 1.54) is 24.1 Å². The molecular formula is C19H24N2. The second-order valence-corrected chi connectivity index (χ2v) is 6.26. The van der Waals surface area contributed by atoms with Crippen LogP contribution in [0.4, 0.5) is 5.69 Å². The second-order valence-electron chi connectivity index (χ2n) is 6.26. The van der Waals surface area contributed by atoms with E-state index < -0.39 is 0 Å². The molecule has 0 saturated carbocycles. The van der Waals surface area contributed by atoms with Crippen molar-refractivity contribution in [1.29, 1.82) is 0 Å². The largest absolute Gasteiger partial charge is 0.399 e. The van der Waals surface area contributed by atoms with Crippen molar-refractivity contribution in [2.45, 2.75) is 25.8 Å². The number of rotatable bonds is 3. The molecule has 110 valence electrons. The van der Waals surface area contributed by atoms with Crippen LogP contribution in [0.25, 0.3) is 0 Å². The fourth-order valence-electron chi connectivity index (χ4n) is 3.52. The lowest BCUT2D eigenvalue weighted by Crippen LogP contribution is -2.37. The molecule has 0 aliphatic carbocycles. The number of hydrogen-bond acceptors (Lipinski definition) is 2. The van der Waals surface area contributed by atoms with Crippen LogP contribution in [0.15, 0.2) is 54.6 Å². The second kappa shape index (κ2) is 6.31. The van der Waals surface area contributed by atoms with Gasteiger partial charge in [0.2, 0.25) is 0 Å². The Morgan fingerprint density at radius 3 is 2.62 bits per heavy atom. The van der Waals surface area contributed by atoms with Crippen LogP contribution in [0.5, 0.6) is 0 Å². The zero-order chi connectivity index (χ0) is 14.7. The number of anilines is 1. The highest BCUT2D eigenvalue weighted by Gasteiger charge is 2.26. The number of nitrogens with two attached hydrogens (primary N) is 1. The van der Waals surface area contributed by atoms with Crippen LogP contribution in [-0.4, -0.2) is 18.0 Å². The highest BCUT2D eigenvalue weighted by Crippen LogP contribution is 2.33. The van der Waals surface area contributed by atoms with Gasteiger partial charge in [-0.15, -0.1) is 0 Å². The van der Waals surface area contributed by atoms with Crippen molar-refractivity contribution in [1.82, 2.24) is 4.90 Å². The van der Waals surface area contributed by atoms with Gasteiger partial charge < -0.3 is 5.73 Å². The Morgan fingerprint density at radius 2 is 1.90 bits per heavy atom. The standard InChI is InChI=1S/C19H24N2/c1-15-13-21(14-16-6-5-9-18(20)12-16)11-10-19(15)17-7-3-2-4-8-17/h2-9,12,15,19H,10-11,13-14,20H2,1H3. The van der Waals surface area contributed by atoms with Gasteiger partial charge in [-0.25, -0.2) is 0 Å². The van der Waals surface area contributed by atoms with Gasteiger partial charge in [-0.1, -0.05) is 49.4 Å². The summed E-state index contributed by atoms with van der Waals surface area (Å²) in [5, 5.41) is 0. The van der Waals surface area contributed by atoms with Gasteiger partial charge in [0.15, 0.2) is 0 Å². The SMILES string of the molecule is CC1CN(Cc2cccc(N)c2)CCC1c1ccccc1. The van der Waals surface area contributed by atoms with E-state index in [1.54, 1.807) is 0 Å². The molecule has 2 nitrogen and oxygen atoms in total. The summed E-state index contributed by atoms with van der Waals surface area (Å²) >= 11 is 0. The number of likely N-dealkylation sites (tertiary alicyclic amines) is 1. The molecule has 1 heterocycles. The van der Waals surface area contributed by atoms with E-state index in [4.69, 9.17) is 5.73 Å². The first-order valence-corrected chi connectivity index (χ1v) is 7.84. The lowest BCUT2D eigenvalue weighted by Gasteiger charge is -2.37. The minimum atomic E-state index is 0.696. The van der Waals surface area contributed by atoms with Gasteiger partial charge in [0.25, 0.3) is 0 Å². The third-order valence-electron chi connectivity index (χ3n) is 4.57. The molecule has 0 aromatic heterocycles. The van der Waals surface area contributed by atoms with Crippen molar-refractivity contribution < 1.29 is 0 Å². The molecule has 0 amide bonds. The molecule has 1 saturated heterocycles. The van der Waals surface area contributed by atoms with E-state index in [2.05, 4.69) is 54.3 Å². The molecule has 2 aromatic rings. The van der Waals surface area contributed by atoms with E-state index in [-0.39, 0.29) is 0 Å². The Bertz CT molecular complexity index is 579. The molecule has 1 aliphatic rings. The molecule has 21 heavy (non-hydrogen) atoms. The third-order valence-corrected chi connectivity index (χ3v) is 4.57. The van der Waals surface area contributed by atoms with Crippen molar-refractivity contribution in [2.75, 3.05) is 18.8 Å². The molecule has 2 atom stereocenters. The summed E-state index contributed by atoms with van der Waals surface area (Å²) in [6, 6.07) is 19.2. The molecule has 0 spiro atoms. The van der Waals surface area contributed by atoms with Crippen LogP contribution in [0.1, 0.15) is 30.4 Å². The van der Waals surface area contributed by atoms with Crippen LogP contribution < -0.4 is 5.73 Å². The molecule has 3 rings (SSSR count). The maximum absolute atomic E-state index is 5.87. The van der Waals surface area contributed by atoms with Gasteiger partial charge in [-0.2, -0.15) is 0 Å². The van der Waals surface area contributed by atoms with E-state index in [9.17, 15) is 0 Å². The van der Waals surface area contributed by atoms with Crippen molar-refractivity contribution in [3.8, 4) is 0 Å². The number of nitrogens with zero attached hydrogens (tertiary/aromatic N) is 1. The molecule has 2 aromatic carbocycles. The van der Waals surface area contributed by atoms with Gasteiger partial charge in [-0.3, -0.25) is 4.90 Å². The Labute approximate surface area is 127 Å². The lowest BCUT2D eigenvalue weighted by molar-refractivity contribution is 0.156. The molecule has 1 aliphatic heterocycles. The number of piperidine rings is 1. The highest BCUT2D eigenvalue weighted by molar-refractivity contribution is 5.40. The molecule has 1 fully saturated rings. The van der Waals surface area contributed by atoms with Crippen molar-refractivity contribution in [3.63, 3.8) is 0 Å². The molecule has 0 bridgehead atoms. The zero-order valence-electron chi connectivity index (χ0n) is 12.7. The summed E-state index contributed by atoms with van der Waals surface area (Å²) < 4.78 is 0. The average molecular weight is 280 g/mol. The van der Waals surface area contributed by atoms with Crippen molar-refractivity contribution >= 4 is 5.69 Å². The Kier molecular flexibility index (Phi) is 4.26. The third kappa shape index (κ3) is 3.45. The lowest BCUT2D eigenvalue weighted by atomic mass is 9.81. The van der Waals surface area contributed by atoms with E-state index in [1.807, 2.05) is 12.1 Å². The number of nitrogen functional groups attached to an aromatic ring is 1. The quantitative estimate of drug-likeness (QED) is 0.864. The van der Waals surface area contributed by atoms with Gasteiger partial charge in [0.05, 0.1) is 0 Å². The van der Waals surface area contributed by atoms with Crippen molar-refractivity contribution in [3.05, 3.63) is 65.7 Å². The number of benzene rings is 2. The molecule has 2 unspecified atom stereocenters. The Morgan fingerprint density at radius 1 is 1.10 bits per heavy atom. The maximum Gasteiger partial charge on any atom is 0.0317 e. The summed E-state index contributed by atoms with van der Waals surface area (Å²) in [5.74, 6) is 1.39. The van der Waals surface area contributed by atoms with Gasteiger partial charge in [0, 0.05) is 18.8 Å². The van der Waals surface area contributed by atoms with E-state index in [0.29, 0.717) is 11.8 Å². The summed E-state index contributed by atoms with van der Waals surface area (Å²) in [7, 11) is 0. The molecule has 2 heteroatoms. The smallest absolute Gasteiger partial charge is 0.0317 e. The normalized spacial score (nSPS) is 23.1. The van der Waals surface area contributed by atoms with Crippen LogP contribution in [-0.2, 0) is 6.54 Å². The predicted molar refractivity (Wildman–Crippen MR) is 89.1 cm³/mol. The topological polar surface area (TPSA) is 29.3 Å².